The second-order valence-corrected chi connectivity index (χ2v) is 6.39. The summed E-state index contributed by atoms with van der Waals surface area (Å²) >= 11 is 0. The van der Waals surface area contributed by atoms with E-state index in [0.717, 1.165) is 18.2 Å². The molecule has 1 aromatic rings. The highest BCUT2D eigenvalue weighted by Crippen LogP contribution is 2.39. The second-order valence-electron chi connectivity index (χ2n) is 4.75. The number of rotatable bonds is 7. The summed E-state index contributed by atoms with van der Waals surface area (Å²) in [4.78, 5) is 0. The van der Waals surface area contributed by atoms with Crippen molar-refractivity contribution in [2.24, 2.45) is 11.8 Å². The van der Waals surface area contributed by atoms with Gasteiger partial charge < -0.3 is 4.74 Å². The van der Waals surface area contributed by atoms with Crippen LogP contribution in [0.3, 0.4) is 0 Å². The molecule has 1 aliphatic rings. The Morgan fingerprint density at radius 2 is 1.83 bits per heavy atom. The van der Waals surface area contributed by atoms with Gasteiger partial charge in [0.2, 0.25) is 0 Å². The van der Waals surface area contributed by atoms with E-state index in [-0.39, 0.29) is 6.61 Å². The van der Waals surface area contributed by atoms with Crippen molar-refractivity contribution in [2.75, 3.05) is 19.5 Å². The first-order chi connectivity index (χ1) is 8.54. The molecule has 2 atom stereocenters. The maximum atomic E-state index is 10.8. The van der Waals surface area contributed by atoms with Crippen molar-refractivity contribution in [3.05, 3.63) is 35.9 Å². The van der Waals surface area contributed by atoms with Crippen LogP contribution in [0.15, 0.2) is 30.3 Å². The Balaban J connectivity index is 1.60. The molecule has 0 bridgehead atoms. The van der Waals surface area contributed by atoms with Crippen molar-refractivity contribution in [2.45, 2.75) is 13.0 Å². The van der Waals surface area contributed by atoms with Crippen LogP contribution in [0.5, 0.6) is 0 Å². The quantitative estimate of drug-likeness (QED) is 0.709. The maximum absolute atomic E-state index is 10.8. The molecule has 1 fully saturated rings. The molecule has 1 aliphatic carbocycles. The number of hydrogen-bond acceptors (Lipinski definition) is 4. The van der Waals surface area contributed by atoms with Crippen LogP contribution in [-0.4, -0.2) is 27.9 Å². The van der Waals surface area contributed by atoms with Crippen molar-refractivity contribution in [1.29, 1.82) is 0 Å². The summed E-state index contributed by atoms with van der Waals surface area (Å²) in [7, 11) is -3.31. The minimum absolute atomic E-state index is 0.290. The highest BCUT2D eigenvalue weighted by molar-refractivity contribution is 7.85. The predicted molar refractivity (Wildman–Crippen MR) is 68.5 cm³/mol. The van der Waals surface area contributed by atoms with E-state index in [0.29, 0.717) is 25.0 Å². The van der Waals surface area contributed by atoms with Gasteiger partial charge in [0.15, 0.2) is 0 Å². The topological polar surface area (TPSA) is 52.6 Å². The summed E-state index contributed by atoms with van der Waals surface area (Å²) in [6.07, 6.45) is 2.07. The zero-order chi connectivity index (χ0) is 13.0. The fourth-order valence-electron chi connectivity index (χ4n) is 1.83. The van der Waals surface area contributed by atoms with Crippen molar-refractivity contribution in [3.8, 4) is 0 Å². The monoisotopic (exact) mass is 270 g/mol. The normalized spacial score (nSPS) is 22.9. The van der Waals surface area contributed by atoms with E-state index in [9.17, 15) is 8.42 Å². The Hall–Kier alpha value is -0.910. The molecule has 0 heterocycles. The van der Waals surface area contributed by atoms with Crippen LogP contribution in [0.2, 0.25) is 0 Å². The van der Waals surface area contributed by atoms with Crippen molar-refractivity contribution < 1.29 is 17.3 Å². The van der Waals surface area contributed by atoms with Gasteiger partial charge in [-0.25, -0.2) is 0 Å². The molecular formula is C13H18O4S. The largest absolute Gasteiger partial charge is 0.376 e. The van der Waals surface area contributed by atoms with Crippen molar-refractivity contribution in [1.82, 2.24) is 0 Å². The summed E-state index contributed by atoms with van der Waals surface area (Å²) < 4.78 is 32.0. The fourth-order valence-corrected chi connectivity index (χ4v) is 2.25. The van der Waals surface area contributed by atoms with Gasteiger partial charge in [-0.05, 0) is 23.8 Å². The molecule has 2 rings (SSSR count). The zero-order valence-corrected chi connectivity index (χ0v) is 11.2. The molecule has 0 aliphatic heterocycles. The van der Waals surface area contributed by atoms with E-state index >= 15 is 0 Å². The minimum atomic E-state index is -3.31. The first kappa shape index (κ1) is 13.5. The van der Waals surface area contributed by atoms with Crippen LogP contribution in [0.1, 0.15) is 12.0 Å². The van der Waals surface area contributed by atoms with Crippen molar-refractivity contribution >= 4 is 10.1 Å². The summed E-state index contributed by atoms with van der Waals surface area (Å²) in [6.45, 7) is 1.57. The molecule has 100 valence electrons. The number of benzene rings is 1. The minimum Gasteiger partial charge on any atom is -0.376 e. The van der Waals surface area contributed by atoms with Gasteiger partial charge >= 0.3 is 0 Å². The highest BCUT2D eigenvalue weighted by Gasteiger charge is 2.37. The molecule has 1 aromatic carbocycles. The van der Waals surface area contributed by atoms with E-state index in [1.165, 1.54) is 0 Å². The highest BCUT2D eigenvalue weighted by atomic mass is 32.2. The van der Waals surface area contributed by atoms with Crippen LogP contribution in [0.4, 0.5) is 0 Å². The van der Waals surface area contributed by atoms with E-state index in [1.807, 2.05) is 30.3 Å². The van der Waals surface area contributed by atoms with E-state index < -0.39 is 10.1 Å². The lowest BCUT2D eigenvalue weighted by atomic mass is 10.2. The Bertz CT molecular complexity index is 469. The van der Waals surface area contributed by atoms with Gasteiger partial charge in [0.1, 0.15) is 0 Å². The third kappa shape index (κ3) is 4.76. The van der Waals surface area contributed by atoms with Gasteiger partial charge in [0.05, 0.1) is 26.1 Å². The molecule has 0 amide bonds. The lowest BCUT2D eigenvalue weighted by Crippen LogP contribution is -2.07. The molecule has 1 saturated carbocycles. The van der Waals surface area contributed by atoms with E-state index in [1.54, 1.807) is 0 Å². The molecule has 0 spiro atoms. The molecule has 0 saturated heterocycles. The summed E-state index contributed by atoms with van der Waals surface area (Å²) in [5, 5.41) is 0. The van der Waals surface area contributed by atoms with Gasteiger partial charge in [-0.2, -0.15) is 8.42 Å². The SMILES string of the molecule is CS(=O)(=O)OC[C@H]1C[C@@H]1COCc1ccccc1. The summed E-state index contributed by atoms with van der Waals surface area (Å²) in [5.41, 5.74) is 1.15. The van der Waals surface area contributed by atoms with Gasteiger partial charge in [-0.1, -0.05) is 30.3 Å². The zero-order valence-electron chi connectivity index (χ0n) is 10.4. The van der Waals surface area contributed by atoms with Crippen LogP contribution < -0.4 is 0 Å². The van der Waals surface area contributed by atoms with Gasteiger partial charge in [-0.3, -0.25) is 4.18 Å². The van der Waals surface area contributed by atoms with E-state index in [2.05, 4.69) is 0 Å². The molecular weight excluding hydrogens is 252 g/mol. The lowest BCUT2D eigenvalue weighted by molar-refractivity contribution is 0.105. The van der Waals surface area contributed by atoms with E-state index in [4.69, 9.17) is 8.92 Å². The van der Waals surface area contributed by atoms with Gasteiger partial charge in [-0.15, -0.1) is 0 Å². The Morgan fingerprint density at radius 1 is 1.17 bits per heavy atom. The Labute approximate surface area is 108 Å². The van der Waals surface area contributed by atoms with Crippen LogP contribution >= 0.6 is 0 Å². The average Bonchev–Trinajstić information content (AvgIpc) is 3.06. The molecule has 0 unspecified atom stereocenters. The third-order valence-electron chi connectivity index (χ3n) is 3.01. The standard InChI is InChI=1S/C13H18O4S/c1-18(14,15)17-10-13-7-12(13)9-16-8-11-5-3-2-4-6-11/h2-6,12-13H,7-10H2,1H3/t12-,13-/m1/s1. The molecule has 5 heteroatoms. The number of ether oxygens (including phenoxy) is 1. The average molecular weight is 270 g/mol. The van der Waals surface area contributed by atoms with Crippen LogP contribution in [-0.2, 0) is 25.6 Å². The number of hydrogen-bond donors (Lipinski definition) is 0. The first-order valence-corrected chi connectivity index (χ1v) is 7.82. The molecule has 18 heavy (non-hydrogen) atoms. The van der Waals surface area contributed by atoms with Crippen molar-refractivity contribution in [3.63, 3.8) is 0 Å². The molecule has 0 radical (unpaired) electrons. The Morgan fingerprint density at radius 3 is 2.50 bits per heavy atom. The van der Waals surface area contributed by atoms with Crippen LogP contribution in [0, 0.1) is 11.8 Å². The summed E-state index contributed by atoms with van der Waals surface area (Å²) in [5.74, 6) is 0.769. The predicted octanol–water partition coefficient (Wildman–Crippen LogP) is 1.82. The van der Waals surface area contributed by atoms with Gasteiger partial charge in [0, 0.05) is 0 Å². The molecule has 0 aromatic heterocycles. The summed E-state index contributed by atoms with van der Waals surface area (Å²) in [6, 6.07) is 9.99. The smallest absolute Gasteiger partial charge is 0.264 e. The lowest BCUT2D eigenvalue weighted by Gasteiger charge is -2.04. The first-order valence-electron chi connectivity index (χ1n) is 6.00. The fraction of sp³-hybridized carbons (Fsp3) is 0.538. The molecule has 0 N–H and O–H groups in total. The second kappa shape index (κ2) is 5.82. The Kier molecular flexibility index (Phi) is 4.37. The van der Waals surface area contributed by atoms with Crippen LogP contribution in [0.25, 0.3) is 0 Å². The third-order valence-corrected chi connectivity index (χ3v) is 3.57. The molecule has 4 nitrogen and oxygen atoms in total. The maximum Gasteiger partial charge on any atom is 0.264 e. The van der Waals surface area contributed by atoms with Gasteiger partial charge in [0.25, 0.3) is 10.1 Å².